The number of nitrogens with one attached hydrogen (secondary N) is 1. The lowest BCUT2D eigenvalue weighted by Gasteiger charge is -2.09. The van der Waals surface area contributed by atoms with Crippen LogP contribution in [0, 0.1) is 0 Å². The van der Waals surface area contributed by atoms with Gasteiger partial charge in [-0.25, -0.2) is 0 Å². The standard InChI is InChI=1S/C14H13ClN2O2/c1-3-4-13(18)17-9-5-6-12-10(7-9)14(19-2)11(15)8-16-12/h3-8H,1-2H3,(H,17,18)/b4-3+. The average molecular weight is 277 g/mol. The fourth-order valence-corrected chi connectivity index (χ4v) is 1.99. The van der Waals surface area contributed by atoms with Crippen molar-refractivity contribution in [3.63, 3.8) is 0 Å². The van der Waals surface area contributed by atoms with E-state index in [1.807, 2.05) is 0 Å². The minimum atomic E-state index is -0.184. The zero-order valence-corrected chi connectivity index (χ0v) is 11.4. The minimum Gasteiger partial charge on any atom is -0.494 e. The van der Waals surface area contributed by atoms with Crippen molar-refractivity contribution in [2.24, 2.45) is 0 Å². The third-order valence-corrected chi connectivity index (χ3v) is 2.83. The summed E-state index contributed by atoms with van der Waals surface area (Å²) in [5.74, 6) is 0.365. The average Bonchev–Trinajstić information content (AvgIpc) is 2.38. The Kier molecular flexibility index (Phi) is 4.02. The molecule has 0 bridgehead atoms. The van der Waals surface area contributed by atoms with E-state index in [2.05, 4.69) is 10.3 Å². The summed E-state index contributed by atoms with van der Waals surface area (Å²) in [6.45, 7) is 1.78. The Bertz CT molecular complexity index is 653. The number of nitrogens with zero attached hydrogens (tertiary/aromatic N) is 1. The van der Waals surface area contributed by atoms with Gasteiger partial charge in [0.25, 0.3) is 0 Å². The lowest BCUT2D eigenvalue weighted by molar-refractivity contribution is -0.111. The monoisotopic (exact) mass is 276 g/mol. The molecular weight excluding hydrogens is 264 g/mol. The predicted molar refractivity (Wildman–Crippen MR) is 76.7 cm³/mol. The third kappa shape index (κ3) is 2.85. The number of amides is 1. The van der Waals surface area contributed by atoms with Crippen LogP contribution in [0.1, 0.15) is 6.92 Å². The Morgan fingerprint density at radius 1 is 1.47 bits per heavy atom. The molecule has 0 unspecified atom stereocenters. The van der Waals surface area contributed by atoms with Crippen molar-refractivity contribution in [3.8, 4) is 5.75 Å². The molecule has 2 rings (SSSR count). The van der Waals surface area contributed by atoms with Crippen LogP contribution in [0.5, 0.6) is 5.75 Å². The zero-order chi connectivity index (χ0) is 13.8. The molecule has 1 amide bonds. The Morgan fingerprint density at radius 3 is 2.95 bits per heavy atom. The number of methoxy groups -OCH3 is 1. The number of anilines is 1. The summed E-state index contributed by atoms with van der Waals surface area (Å²) < 4.78 is 5.27. The molecule has 0 radical (unpaired) electrons. The molecule has 1 N–H and O–H groups in total. The summed E-state index contributed by atoms with van der Waals surface area (Å²) in [5, 5.41) is 3.95. The van der Waals surface area contributed by atoms with Gasteiger partial charge in [0.2, 0.25) is 5.91 Å². The van der Waals surface area contributed by atoms with Crippen LogP contribution in [-0.2, 0) is 4.79 Å². The summed E-state index contributed by atoms with van der Waals surface area (Å²) >= 11 is 6.03. The highest BCUT2D eigenvalue weighted by atomic mass is 35.5. The van der Waals surface area contributed by atoms with Gasteiger partial charge in [-0.1, -0.05) is 17.7 Å². The van der Waals surface area contributed by atoms with Crippen LogP contribution >= 0.6 is 11.6 Å². The first-order valence-electron chi connectivity index (χ1n) is 5.71. The van der Waals surface area contributed by atoms with Gasteiger partial charge in [-0.05, 0) is 31.2 Å². The number of aromatic nitrogens is 1. The van der Waals surface area contributed by atoms with Crippen LogP contribution in [-0.4, -0.2) is 18.0 Å². The van der Waals surface area contributed by atoms with Gasteiger partial charge in [0.1, 0.15) is 10.8 Å². The van der Waals surface area contributed by atoms with Crippen molar-refractivity contribution in [2.75, 3.05) is 12.4 Å². The number of halogens is 1. The van der Waals surface area contributed by atoms with Crippen molar-refractivity contribution < 1.29 is 9.53 Å². The van der Waals surface area contributed by atoms with Gasteiger partial charge in [-0.2, -0.15) is 0 Å². The minimum absolute atomic E-state index is 0.184. The van der Waals surface area contributed by atoms with Gasteiger partial charge in [-0.3, -0.25) is 9.78 Å². The quantitative estimate of drug-likeness (QED) is 0.874. The maximum Gasteiger partial charge on any atom is 0.248 e. The van der Waals surface area contributed by atoms with Crippen LogP contribution in [0.3, 0.4) is 0 Å². The van der Waals surface area contributed by atoms with Gasteiger partial charge in [0.15, 0.2) is 0 Å². The maximum atomic E-state index is 11.5. The second-order valence-electron chi connectivity index (χ2n) is 3.86. The molecular formula is C14H13ClN2O2. The van der Waals surface area contributed by atoms with Gasteiger partial charge < -0.3 is 10.1 Å². The van der Waals surface area contributed by atoms with Crippen LogP contribution in [0.25, 0.3) is 10.9 Å². The van der Waals surface area contributed by atoms with Gasteiger partial charge in [0.05, 0.1) is 12.6 Å². The molecule has 98 valence electrons. The Labute approximate surface area is 116 Å². The van der Waals surface area contributed by atoms with Crippen LogP contribution in [0.2, 0.25) is 5.02 Å². The van der Waals surface area contributed by atoms with Crippen molar-refractivity contribution in [3.05, 3.63) is 41.6 Å². The number of allylic oxidation sites excluding steroid dienone is 1. The molecule has 19 heavy (non-hydrogen) atoms. The van der Waals surface area contributed by atoms with Crippen LogP contribution in [0.15, 0.2) is 36.5 Å². The molecule has 0 saturated carbocycles. The summed E-state index contributed by atoms with van der Waals surface area (Å²) in [6.07, 6.45) is 4.67. The molecule has 0 saturated heterocycles. The lowest BCUT2D eigenvalue weighted by atomic mass is 10.2. The Morgan fingerprint density at radius 2 is 2.26 bits per heavy atom. The van der Waals surface area contributed by atoms with Crippen molar-refractivity contribution >= 4 is 34.1 Å². The molecule has 0 atom stereocenters. The molecule has 0 aliphatic rings. The SMILES string of the molecule is C/C=C/C(=O)Nc1ccc2ncc(Cl)c(OC)c2c1. The number of ether oxygens (including phenoxy) is 1. The molecule has 2 aromatic rings. The third-order valence-electron chi connectivity index (χ3n) is 2.56. The van der Waals surface area contributed by atoms with Crippen molar-refractivity contribution in [1.29, 1.82) is 0 Å². The lowest BCUT2D eigenvalue weighted by Crippen LogP contribution is -2.07. The smallest absolute Gasteiger partial charge is 0.248 e. The van der Waals surface area contributed by atoms with E-state index in [1.54, 1.807) is 44.5 Å². The Hall–Kier alpha value is -2.07. The van der Waals surface area contributed by atoms with E-state index in [0.29, 0.717) is 16.5 Å². The van der Waals surface area contributed by atoms with Gasteiger partial charge in [-0.15, -0.1) is 0 Å². The molecule has 4 nitrogen and oxygen atoms in total. The highest BCUT2D eigenvalue weighted by molar-refractivity contribution is 6.33. The van der Waals surface area contributed by atoms with Crippen molar-refractivity contribution in [2.45, 2.75) is 6.92 Å². The Balaban J connectivity index is 2.46. The molecule has 1 heterocycles. The highest BCUT2D eigenvalue weighted by Crippen LogP contribution is 2.33. The summed E-state index contributed by atoms with van der Waals surface area (Å²) in [7, 11) is 1.55. The van der Waals surface area contributed by atoms with E-state index in [-0.39, 0.29) is 5.91 Å². The van der Waals surface area contributed by atoms with Gasteiger partial charge >= 0.3 is 0 Å². The van der Waals surface area contributed by atoms with Crippen LogP contribution < -0.4 is 10.1 Å². The number of hydrogen-bond donors (Lipinski definition) is 1. The number of benzene rings is 1. The summed E-state index contributed by atoms with van der Waals surface area (Å²) in [6, 6.07) is 5.37. The van der Waals surface area contributed by atoms with E-state index in [9.17, 15) is 4.79 Å². The van der Waals surface area contributed by atoms with E-state index in [1.165, 1.54) is 6.08 Å². The summed E-state index contributed by atoms with van der Waals surface area (Å²) in [4.78, 5) is 15.7. The fourth-order valence-electron chi connectivity index (χ4n) is 1.76. The van der Waals surface area contributed by atoms with E-state index in [4.69, 9.17) is 16.3 Å². The first kappa shape index (κ1) is 13.4. The van der Waals surface area contributed by atoms with Gasteiger partial charge in [0, 0.05) is 17.3 Å². The number of carbonyl (C=O) groups excluding carboxylic acids is 1. The topological polar surface area (TPSA) is 51.2 Å². The first-order valence-corrected chi connectivity index (χ1v) is 6.09. The number of carbonyl (C=O) groups is 1. The molecule has 5 heteroatoms. The van der Waals surface area contributed by atoms with E-state index in [0.717, 1.165) is 10.9 Å². The van der Waals surface area contributed by atoms with Crippen molar-refractivity contribution in [1.82, 2.24) is 4.98 Å². The maximum absolute atomic E-state index is 11.5. The number of rotatable bonds is 3. The number of hydrogen-bond acceptors (Lipinski definition) is 3. The highest BCUT2D eigenvalue weighted by Gasteiger charge is 2.09. The predicted octanol–water partition coefficient (Wildman–Crippen LogP) is 3.41. The number of pyridine rings is 1. The largest absolute Gasteiger partial charge is 0.494 e. The second-order valence-corrected chi connectivity index (χ2v) is 4.27. The second kappa shape index (κ2) is 5.71. The molecule has 0 fully saturated rings. The van der Waals surface area contributed by atoms with Crippen LogP contribution in [0.4, 0.5) is 5.69 Å². The fraction of sp³-hybridized carbons (Fsp3) is 0.143. The molecule has 1 aromatic carbocycles. The summed E-state index contributed by atoms with van der Waals surface area (Å²) in [5.41, 5.74) is 1.42. The zero-order valence-electron chi connectivity index (χ0n) is 10.6. The molecule has 1 aromatic heterocycles. The normalized spacial score (nSPS) is 10.9. The molecule has 0 aliphatic heterocycles. The number of fused-ring (bicyclic) bond motifs is 1. The van der Waals surface area contributed by atoms with E-state index < -0.39 is 0 Å². The molecule has 0 aliphatic carbocycles. The molecule has 0 spiro atoms. The van der Waals surface area contributed by atoms with E-state index >= 15 is 0 Å². The first-order chi connectivity index (χ1) is 9.15.